The summed E-state index contributed by atoms with van der Waals surface area (Å²) in [6, 6.07) is 6.43. The Labute approximate surface area is 125 Å². The number of aliphatic hydroxyl groups excluding tert-OH is 1. The van der Waals surface area contributed by atoms with Crippen molar-refractivity contribution >= 4 is 0 Å². The van der Waals surface area contributed by atoms with Crippen LogP contribution < -0.4 is 0 Å². The predicted molar refractivity (Wildman–Crippen MR) is 73.4 cm³/mol. The summed E-state index contributed by atoms with van der Waals surface area (Å²) in [4.78, 5) is 3.73. The smallest absolute Gasteiger partial charge is 0.159 e. The molecule has 1 aromatic heterocycles. The quantitative estimate of drug-likeness (QED) is 0.922. The Morgan fingerprint density at radius 2 is 1.86 bits per heavy atom. The van der Waals surface area contributed by atoms with Crippen LogP contribution in [-0.4, -0.2) is 16.7 Å². The van der Waals surface area contributed by atoms with Crippen LogP contribution in [0.1, 0.15) is 29.4 Å². The van der Waals surface area contributed by atoms with Crippen molar-refractivity contribution in [2.75, 3.05) is 6.61 Å². The highest BCUT2D eigenvalue weighted by Crippen LogP contribution is 2.35. The van der Waals surface area contributed by atoms with Gasteiger partial charge in [0.1, 0.15) is 5.82 Å². The SMILES string of the molecule is N#C[C@@H](c1ccc(F)c(F)c1)[C@@H](CCO)c1cncc(F)c1. The third-order valence-electron chi connectivity index (χ3n) is 3.44. The van der Waals surface area contributed by atoms with Gasteiger partial charge in [0, 0.05) is 18.7 Å². The Balaban J connectivity index is 2.44. The molecule has 2 atom stereocenters. The number of aliphatic hydroxyl groups is 1. The molecule has 6 heteroatoms. The average molecular weight is 306 g/mol. The van der Waals surface area contributed by atoms with Crippen LogP contribution in [0.5, 0.6) is 0 Å². The van der Waals surface area contributed by atoms with Crippen molar-refractivity contribution in [3.63, 3.8) is 0 Å². The number of pyridine rings is 1. The summed E-state index contributed by atoms with van der Waals surface area (Å²) in [5.41, 5.74) is 0.689. The first-order chi connectivity index (χ1) is 10.6. The molecule has 0 fully saturated rings. The molecule has 0 aliphatic carbocycles. The molecule has 0 amide bonds. The number of benzene rings is 1. The second kappa shape index (κ2) is 7.05. The van der Waals surface area contributed by atoms with E-state index in [9.17, 15) is 23.5 Å². The molecule has 2 aromatic rings. The standard InChI is InChI=1S/C16H13F3N2O/c17-12-5-11(8-21-9-12)13(3-4-22)14(7-20)10-1-2-15(18)16(19)6-10/h1-2,5-6,8-9,13-14,22H,3-4H2/t13-,14-/m0/s1. The van der Waals surface area contributed by atoms with E-state index in [1.807, 2.05) is 6.07 Å². The van der Waals surface area contributed by atoms with Crippen molar-refractivity contribution in [2.24, 2.45) is 0 Å². The molecule has 1 aromatic carbocycles. The highest BCUT2D eigenvalue weighted by Gasteiger charge is 2.26. The van der Waals surface area contributed by atoms with Crippen LogP contribution in [0.2, 0.25) is 0 Å². The van der Waals surface area contributed by atoms with Gasteiger partial charge in [0.15, 0.2) is 11.6 Å². The second-order valence-electron chi connectivity index (χ2n) is 4.84. The van der Waals surface area contributed by atoms with Crippen molar-refractivity contribution in [3.8, 4) is 6.07 Å². The zero-order valence-electron chi connectivity index (χ0n) is 11.5. The van der Waals surface area contributed by atoms with Gasteiger partial charge in [-0.3, -0.25) is 4.98 Å². The van der Waals surface area contributed by atoms with Crippen molar-refractivity contribution < 1.29 is 18.3 Å². The van der Waals surface area contributed by atoms with E-state index in [1.54, 1.807) is 0 Å². The molecule has 0 unspecified atom stereocenters. The van der Waals surface area contributed by atoms with Crippen LogP contribution in [0.3, 0.4) is 0 Å². The van der Waals surface area contributed by atoms with Crippen LogP contribution in [0.15, 0.2) is 36.7 Å². The molecule has 0 radical (unpaired) electrons. The number of rotatable bonds is 5. The number of nitriles is 1. The predicted octanol–water partition coefficient (Wildman–Crippen LogP) is 3.27. The number of nitrogens with zero attached hydrogens (tertiary/aromatic N) is 2. The lowest BCUT2D eigenvalue weighted by molar-refractivity contribution is 0.271. The van der Waals surface area contributed by atoms with Gasteiger partial charge < -0.3 is 5.11 Å². The Morgan fingerprint density at radius 3 is 2.45 bits per heavy atom. The summed E-state index contributed by atoms with van der Waals surface area (Å²) in [7, 11) is 0. The Morgan fingerprint density at radius 1 is 1.09 bits per heavy atom. The first-order valence-corrected chi connectivity index (χ1v) is 6.62. The number of aromatic nitrogens is 1. The van der Waals surface area contributed by atoms with Crippen molar-refractivity contribution in [1.29, 1.82) is 5.26 Å². The first kappa shape index (κ1) is 16.0. The molecule has 0 saturated heterocycles. The van der Waals surface area contributed by atoms with Gasteiger partial charge in [-0.1, -0.05) is 6.07 Å². The van der Waals surface area contributed by atoms with Gasteiger partial charge in [-0.15, -0.1) is 0 Å². The minimum absolute atomic E-state index is 0.169. The molecule has 0 saturated carbocycles. The average Bonchev–Trinajstić information content (AvgIpc) is 2.50. The molecule has 1 heterocycles. The van der Waals surface area contributed by atoms with Crippen molar-refractivity contribution in [2.45, 2.75) is 18.3 Å². The van der Waals surface area contributed by atoms with E-state index in [1.165, 1.54) is 18.3 Å². The molecule has 0 bridgehead atoms. The van der Waals surface area contributed by atoms with Gasteiger partial charge in [-0.05, 0) is 35.7 Å². The molecular formula is C16H13F3N2O. The van der Waals surface area contributed by atoms with Gasteiger partial charge in [0.25, 0.3) is 0 Å². The Kier molecular flexibility index (Phi) is 5.12. The fraction of sp³-hybridized carbons (Fsp3) is 0.250. The van der Waals surface area contributed by atoms with Gasteiger partial charge >= 0.3 is 0 Å². The Hall–Kier alpha value is -2.39. The van der Waals surface area contributed by atoms with E-state index in [0.29, 0.717) is 5.56 Å². The molecule has 114 valence electrons. The summed E-state index contributed by atoms with van der Waals surface area (Å²) in [5.74, 6) is -4.07. The molecule has 2 rings (SSSR count). The Bertz CT molecular complexity index is 700. The van der Waals surface area contributed by atoms with Gasteiger partial charge in [-0.25, -0.2) is 13.2 Å². The number of halogens is 3. The van der Waals surface area contributed by atoms with E-state index in [4.69, 9.17) is 0 Å². The molecule has 3 nitrogen and oxygen atoms in total. The lowest BCUT2D eigenvalue weighted by Gasteiger charge is -2.22. The van der Waals surface area contributed by atoms with E-state index in [-0.39, 0.29) is 18.6 Å². The minimum atomic E-state index is -1.06. The maximum Gasteiger partial charge on any atom is 0.159 e. The highest BCUT2D eigenvalue weighted by molar-refractivity contribution is 5.33. The van der Waals surface area contributed by atoms with E-state index in [0.717, 1.165) is 18.3 Å². The summed E-state index contributed by atoms with van der Waals surface area (Å²) in [6.07, 6.45) is 2.59. The number of hydrogen-bond acceptors (Lipinski definition) is 3. The monoisotopic (exact) mass is 306 g/mol. The van der Waals surface area contributed by atoms with Crippen LogP contribution in [0, 0.1) is 28.8 Å². The topological polar surface area (TPSA) is 56.9 Å². The van der Waals surface area contributed by atoms with Crippen LogP contribution in [0.25, 0.3) is 0 Å². The van der Waals surface area contributed by atoms with E-state index in [2.05, 4.69) is 4.98 Å². The lowest BCUT2D eigenvalue weighted by atomic mass is 9.81. The fourth-order valence-corrected chi connectivity index (χ4v) is 2.40. The summed E-state index contributed by atoms with van der Waals surface area (Å²) >= 11 is 0. The maximum absolute atomic E-state index is 13.4. The largest absolute Gasteiger partial charge is 0.396 e. The van der Waals surface area contributed by atoms with E-state index >= 15 is 0 Å². The van der Waals surface area contributed by atoms with E-state index < -0.39 is 29.3 Å². The van der Waals surface area contributed by atoms with Crippen LogP contribution >= 0.6 is 0 Å². The third kappa shape index (κ3) is 3.43. The normalized spacial score (nSPS) is 13.4. The van der Waals surface area contributed by atoms with Gasteiger partial charge in [-0.2, -0.15) is 5.26 Å². The zero-order valence-corrected chi connectivity index (χ0v) is 11.5. The summed E-state index contributed by atoms with van der Waals surface area (Å²) in [5, 5.41) is 18.6. The number of hydrogen-bond donors (Lipinski definition) is 1. The van der Waals surface area contributed by atoms with Crippen molar-refractivity contribution in [1.82, 2.24) is 4.98 Å². The molecule has 1 N–H and O–H groups in total. The molecule has 22 heavy (non-hydrogen) atoms. The maximum atomic E-state index is 13.4. The molecule has 0 spiro atoms. The summed E-state index contributed by atoms with van der Waals surface area (Å²) < 4.78 is 39.8. The molecule has 0 aliphatic heterocycles. The molecular weight excluding hydrogens is 293 g/mol. The molecule has 0 aliphatic rings. The van der Waals surface area contributed by atoms with Gasteiger partial charge in [0.2, 0.25) is 0 Å². The van der Waals surface area contributed by atoms with Crippen molar-refractivity contribution in [3.05, 3.63) is 65.2 Å². The first-order valence-electron chi connectivity index (χ1n) is 6.62. The van der Waals surface area contributed by atoms with Gasteiger partial charge in [0.05, 0.1) is 18.2 Å². The fourth-order valence-electron chi connectivity index (χ4n) is 2.40. The lowest BCUT2D eigenvalue weighted by Crippen LogP contribution is -2.13. The second-order valence-corrected chi connectivity index (χ2v) is 4.84. The highest BCUT2D eigenvalue weighted by atomic mass is 19.2. The zero-order chi connectivity index (χ0) is 16.1. The van der Waals surface area contributed by atoms with Crippen LogP contribution in [-0.2, 0) is 0 Å². The minimum Gasteiger partial charge on any atom is -0.396 e. The summed E-state index contributed by atoms with van der Waals surface area (Å²) in [6.45, 7) is -0.233. The van der Waals surface area contributed by atoms with Crippen LogP contribution in [0.4, 0.5) is 13.2 Å². The third-order valence-corrected chi connectivity index (χ3v) is 3.44.